The third kappa shape index (κ3) is 4.66. The number of imidazole rings is 1. The standard InChI is InChI=1S/C53H38N4OSi/c1-53(2)42-23-11-13-25-44(42)57(48-27-15-16-30-54-48)45-34-47(49-40-22-10-14-26-46(40)58-51(49)50(45)53)59(35-17-5-3-6-18-35,36-19-7-4-8-20-36)37-28-29-38-39-21-9-12-24-43(39)56-32-31-55-52(56)41(38)33-37/h3-34H,1-2H3. The summed E-state index contributed by atoms with van der Waals surface area (Å²) in [4.78, 5) is 12.4. The van der Waals surface area contributed by atoms with E-state index in [0.717, 1.165) is 61.2 Å². The number of pyridine rings is 2. The van der Waals surface area contributed by atoms with Gasteiger partial charge in [0, 0.05) is 51.1 Å². The highest BCUT2D eigenvalue weighted by Crippen LogP contribution is 2.54. The van der Waals surface area contributed by atoms with Gasteiger partial charge in [0.25, 0.3) is 0 Å². The summed E-state index contributed by atoms with van der Waals surface area (Å²) in [5.74, 6) is 0.865. The Morgan fingerprint density at radius 1 is 0.542 bits per heavy atom. The Morgan fingerprint density at radius 3 is 2.02 bits per heavy atom. The molecule has 0 atom stereocenters. The maximum absolute atomic E-state index is 7.26. The van der Waals surface area contributed by atoms with Crippen molar-refractivity contribution in [1.82, 2.24) is 14.4 Å². The van der Waals surface area contributed by atoms with Gasteiger partial charge >= 0.3 is 0 Å². The SMILES string of the molecule is CC1(C)c2ccccc2N(c2ccccn2)c2cc([Si](c3ccccc3)(c3ccccc3)c3ccc4c5ccccc5n5ccnc5c4c3)c3c(oc4ccccc43)c21. The van der Waals surface area contributed by atoms with Crippen LogP contribution in [-0.2, 0) is 5.41 Å². The van der Waals surface area contributed by atoms with E-state index in [1.165, 1.54) is 37.1 Å². The molecule has 0 fully saturated rings. The molecule has 6 heteroatoms. The summed E-state index contributed by atoms with van der Waals surface area (Å²) in [5.41, 5.74) is 8.09. The summed E-state index contributed by atoms with van der Waals surface area (Å²) in [7, 11) is -3.27. The molecule has 7 aromatic carbocycles. The molecule has 5 nitrogen and oxygen atoms in total. The molecule has 0 amide bonds. The molecule has 0 aliphatic carbocycles. The van der Waals surface area contributed by atoms with Gasteiger partial charge in [-0.25, -0.2) is 9.97 Å². The Bertz CT molecular complexity index is 3390. The summed E-state index contributed by atoms with van der Waals surface area (Å²) < 4.78 is 9.49. The van der Waals surface area contributed by atoms with Gasteiger partial charge in [-0.15, -0.1) is 0 Å². The maximum Gasteiger partial charge on any atom is 0.180 e. The van der Waals surface area contributed by atoms with Crippen LogP contribution < -0.4 is 25.6 Å². The summed E-state index contributed by atoms with van der Waals surface area (Å²) in [6, 6.07) is 64.4. The fourth-order valence-electron chi connectivity index (χ4n) is 10.3. The molecule has 5 heterocycles. The molecule has 0 saturated carbocycles. The first kappa shape index (κ1) is 33.8. The third-order valence-corrected chi connectivity index (χ3v) is 17.6. The quantitative estimate of drug-likeness (QED) is 0.0993. The van der Waals surface area contributed by atoms with Gasteiger partial charge in [-0.2, -0.15) is 0 Å². The molecule has 0 N–H and O–H groups in total. The van der Waals surface area contributed by atoms with Gasteiger partial charge in [0.05, 0.1) is 16.9 Å². The first-order chi connectivity index (χ1) is 29.0. The van der Waals surface area contributed by atoms with Crippen molar-refractivity contribution in [2.45, 2.75) is 19.3 Å². The number of benzene rings is 7. The molecule has 1 aliphatic rings. The number of para-hydroxylation sites is 3. The van der Waals surface area contributed by atoms with Crippen molar-refractivity contribution >= 4 is 95.3 Å². The minimum Gasteiger partial charge on any atom is -0.456 e. The highest BCUT2D eigenvalue weighted by atomic mass is 28.3. The predicted octanol–water partition coefficient (Wildman–Crippen LogP) is 10.4. The van der Waals surface area contributed by atoms with Gasteiger partial charge in [-0.3, -0.25) is 9.30 Å². The highest BCUT2D eigenvalue weighted by Gasteiger charge is 2.47. The van der Waals surface area contributed by atoms with Crippen LogP contribution in [-0.4, -0.2) is 22.4 Å². The number of rotatable bonds is 5. The van der Waals surface area contributed by atoms with Crippen LogP contribution in [0.25, 0.3) is 49.3 Å². The van der Waals surface area contributed by atoms with E-state index in [9.17, 15) is 0 Å². The average Bonchev–Trinajstić information content (AvgIpc) is 3.94. The van der Waals surface area contributed by atoms with E-state index in [1.54, 1.807) is 0 Å². The van der Waals surface area contributed by atoms with Crippen molar-refractivity contribution in [2.24, 2.45) is 0 Å². The number of aromatic nitrogens is 3. The molecule has 0 saturated heterocycles. The molecule has 0 radical (unpaired) electrons. The maximum atomic E-state index is 7.26. The van der Waals surface area contributed by atoms with Crippen LogP contribution in [0.4, 0.5) is 17.2 Å². The zero-order valence-corrected chi connectivity index (χ0v) is 33.7. The Labute approximate surface area is 342 Å². The van der Waals surface area contributed by atoms with E-state index < -0.39 is 13.5 Å². The summed E-state index contributed by atoms with van der Waals surface area (Å²) in [6.45, 7) is 4.68. The minimum atomic E-state index is -3.27. The lowest BCUT2D eigenvalue weighted by atomic mass is 9.73. The summed E-state index contributed by atoms with van der Waals surface area (Å²) in [6.07, 6.45) is 5.89. The molecule has 0 spiro atoms. The largest absolute Gasteiger partial charge is 0.456 e. The number of hydrogen-bond donors (Lipinski definition) is 0. The van der Waals surface area contributed by atoms with Crippen LogP contribution in [0.15, 0.2) is 199 Å². The van der Waals surface area contributed by atoms with Crippen LogP contribution in [0, 0.1) is 0 Å². The van der Waals surface area contributed by atoms with Crippen molar-refractivity contribution < 1.29 is 4.42 Å². The monoisotopic (exact) mass is 774 g/mol. The molecule has 59 heavy (non-hydrogen) atoms. The fourth-order valence-corrected chi connectivity index (χ4v) is 15.3. The summed E-state index contributed by atoms with van der Waals surface area (Å²) in [5, 5.41) is 10.9. The van der Waals surface area contributed by atoms with Crippen LogP contribution >= 0.6 is 0 Å². The number of anilines is 3. The first-order valence-corrected chi connectivity index (χ1v) is 22.2. The third-order valence-electron chi connectivity index (χ3n) is 12.8. The van der Waals surface area contributed by atoms with E-state index in [-0.39, 0.29) is 0 Å². The first-order valence-electron chi connectivity index (χ1n) is 20.2. The van der Waals surface area contributed by atoms with E-state index in [2.05, 4.69) is 199 Å². The lowest BCUT2D eigenvalue weighted by molar-refractivity contribution is 0.602. The van der Waals surface area contributed by atoms with Gasteiger partial charge < -0.3 is 4.42 Å². The number of nitrogens with zero attached hydrogens (tertiary/aromatic N) is 4. The predicted molar refractivity (Wildman–Crippen MR) is 246 cm³/mol. The van der Waals surface area contributed by atoms with Gasteiger partial charge in [0.2, 0.25) is 0 Å². The minimum absolute atomic E-state index is 0.401. The number of fused-ring (bicyclic) bond motifs is 12. The molecule has 11 aromatic rings. The van der Waals surface area contributed by atoms with Crippen molar-refractivity contribution in [3.63, 3.8) is 0 Å². The average molecular weight is 775 g/mol. The van der Waals surface area contributed by atoms with Crippen molar-refractivity contribution in [3.8, 4) is 0 Å². The van der Waals surface area contributed by atoms with Crippen LogP contribution in [0.1, 0.15) is 25.0 Å². The normalized spacial score (nSPS) is 13.7. The van der Waals surface area contributed by atoms with Crippen molar-refractivity contribution in [1.29, 1.82) is 0 Å². The summed E-state index contributed by atoms with van der Waals surface area (Å²) >= 11 is 0. The molecule has 280 valence electrons. The van der Waals surface area contributed by atoms with Gasteiger partial charge in [-0.05, 0) is 68.1 Å². The highest BCUT2D eigenvalue weighted by molar-refractivity contribution is 7.21. The molecular formula is C53H38N4OSi. The zero-order chi connectivity index (χ0) is 39.3. The zero-order valence-electron chi connectivity index (χ0n) is 32.7. The van der Waals surface area contributed by atoms with Crippen LogP contribution in [0.5, 0.6) is 0 Å². The molecule has 12 rings (SSSR count). The molecular weight excluding hydrogens is 737 g/mol. The lowest BCUT2D eigenvalue weighted by Crippen LogP contribution is -2.75. The molecule has 0 unspecified atom stereocenters. The van der Waals surface area contributed by atoms with E-state index >= 15 is 0 Å². The second-order valence-electron chi connectivity index (χ2n) is 16.2. The van der Waals surface area contributed by atoms with E-state index in [1.807, 2.05) is 18.5 Å². The Kier molecular flexibility index (Phi) is 7.23. The second-order valence-corrected chi connectivity index (χ2v) is 19.9. The van der Waals surface area contributed by atoms with Gasteiger partial charge in [0.1, 0.15) is 22.6 Å². The van der Waals surface area contributed by atoms with Crippen LogP contribution in [0.2, 0.25) is 0 Å². The Balaban J connectivity index is 1.31. The Hall–Kier alpha value is -7.28. The van der Waals surface area contributed by atoms with Gasteiger partial charge in [-0.1, -0.05) is 153 Å². The van der Waals surface area contributed by atoms with Crippen molar-refractivity contribution in [2.75, 3.05) is 4.90 Å². The molecule has 0 bridgehead atoms. The number of furan rings is 1. The van der Waals surface area contributed by atoms with Gasteiger partial charge in [0.15, 0.2) is 8.07 Å². The van der Waals surface area contributed by atoms with Crippen LogP contribution in [0.3, 0.4) is 0 Å². The molecule has 4 aromatic heterocycles. The Morgan fingerprint density at radius 2 is 1.24 bits per heavy atom. The second kappa shape index (κ2) is 12.6. The molecule has 1 aliphatic heterocycles. The smallest absolute Gasteiger partial charge is 0.180 e. The number of hydrogen-bond acceptors (Lipinski definition) is 4. The fraction of sp³-hybridized carbons (Fsp3) is 0.0566. The lowest BCUT2D eigenvalue weighted by Gasteiger charge is -2.43. The van der Waals surface area contributed by atoms with E-state index in [0.29, 0.717) is 0 Å². The topological polar surface area (TPSA) is 46.6 Å². The van der Waals surface area contributed by atoms with Crippen molar-refractivity contribution in [3.05, 3.63) is 206 Å². The van der Waals surface area contributed by atoms with E-state index in [4.69, 9.17) is 14.4 Å².